The number of piperidine rings is 1. The number of aromatic nitrogens is 4. The molecule has 52 heavy (non-hydrogen) atoms. The molecule has 2 aromatic carbocycles. The number of hydrogen-bond donors (Lipinski definition) is 2. The first-order chi connectivity index (χ1) is 25.0. The molecule has 2 amide bonds. The van der Waals surface area contributed by atoms with E-state index in [1.54, 1.807) is 41.0 Å². The van der Waals surface area contributed by atoms with Crippen molar-refractivity contribution in [2.75, 3.05) is 22.9 Å². The van der Waals surface area contributed by atoms with Crippen LogP contribution in [0.15, 0.2) is 97.6 Å². The summed E-state index contributed by atoms with van der Waals surface area (Å²) in [6.07, 6.45) is 6.55. The van der Waals surface area contributed by atoms with E-state index in [2.05, 4.69) is 15.1 Å². The molecule has 2 aliphatic heterocycles. The summed E-state index contributed by atoms with van der Waals surface area (Å²) >= 11 is 0. The molecule has 0 saturated carbocycles. The Morgan fingerprint density at radius 3 is 1.87 bits per heavy atom. The Bertz CT molecular complexity index is 2270. The second kappa shape index (κ2) is 14.0. The highest BCUT2D eigenvalue weighted by molar-refractivity contribution is 6.00. The maximum absolute atomic E-state index is 13.7. The van der Waals surface area contributed by atoms with Crippen molar-refractivity contribution in [3.8, 4) is 0 Å². The lowest BCUT2D eigenvalue weighted by atomic mass is 9.94. The summed E-state index contributed by atoms with van der Waals surface area (Å²) in [5.41, 5.74) is 15.1. The SMILES string of the molecule is NC(=O)c1cnn2ccc(N3CCCC3c3ccccc3C(F)(F)F)cc12.NC(=O)c1cnn2ccc(N3CCCCC3c3cccc(F)c3)cc12. The van der Waals surface area contributed by atoms with Crippen LogP contribution in [0.5, 0.6) is 0 Å². The van der Waals surface area contributed by atoms with Crippen molar-refractivity contribution >= 4 is 34.2 Å². The predicted molar refractivity (Wildman–Crippen MR) is 189 cm³/mol. The lowest BCUT2D eigenvalue weighted by Gasteiger charge is -2.38. The topological polar surface area (TPSA) is 127 Å². The number of carbonyl (C=O) groups is 2. The first kappa shape index (κ1) is 34.5. The Morgan fingerprint density at radius 2 is 1.27 bits per heavy atom. The summed E-state index contributed by atoms with van der Waals surface area (Å²) in [7, 11) is 0. The average Bonchev–Trinajstić information content (AvgIpc) is 3.90. The molecule has 2 atom stereocenters. The third kappa shape index (κ3) is 6.75. The van der Waals surface area contributed by atoms with Gasteiger partial charge in [-0.2, -0.15) is 23.4 Å². The first-order valence-electron chi connectivity index (χ1n) is 17.0. The van der Waals surface area contributed by atoms with Gasteiger partial charge in [0.1, 0.15) is 5.82 Å². The van der Waals surface area contributed by atoms with Gasteiger partial charge in [0.2, 0.25) is 0 Å². The summed E-state index contributed by atoms with van der Waals surface area (Å²) < 4.78 is 57.2. The van der Waals surface area contributed by atoms with Crippen LogP contribution >= 0.6 is 0 Å². The number of anilines is 2. The Labute approximate surface area is 296 Å². The zero-order valence-electron chi connectivity index (χ0n) is 28.0. The van der Waals surface area contributed by atoms with Crippen LogP contribution in [0.3, 0.4) is 0 Å². The molecular formula is C38H36F4N8O2. The maximum Gasteiger partial charge on any atom is 0.416 e. The number of halogens is 4. The molecule has 2 saturated heterocycles. The number of fused-ring (bicyclic) bond motifs is 2. The van der Waals surface area contributed by atoms with E-state index < -0.39 is 23.6 Å². The number of amides is 2. The first-order valence-corrected chi connectivity index (χ1v) is 17.0. The Hall–Kier alpha value is -5.92. The van der Waals surface area contributed by atoms with E-state index in [0.29, 0.717) is 29.6 Å². The van der Waals surface area contributed by atoms with Gasteiger partial charge in [0.15, 0.2) is 0 Å². The van der Waals surface area contributed by atoms with E-state index in [1.807, 2.05) is 29.3 Å². The number of hydrogen-bond acceptors (Lipinski definition) is 6. The molecule has 4 aromatic heterocycles. The van der Waals surface area contributed by atoms with E-state index in [1.165, 1.54) is 35.1 Å². The van der Waals surface area contributed by atoms with Crippen LogP contribution in [0.1, 0.15) is 81.6 Å². The van der Waals surface area contributed by atoms with Gasteiger partial charge in [0.05, 0.1) is 52.2 Å². The van der Waals surface area contributed by atoms with Crippen molar-refractivity contribution in [2.45, 2.75) is 50.4 Å². The minimum Gasteiger partial charge on any atom is -0.365 e. The fraction of sp³-hybridized carbons (Fsp3) is 0.263. The summed E-state index contributed by atoms with van der Waals surface area (Å²) in [5, 5.41) is 8.24. The number of pyridine rings is 2. The van der Waals surface area contributed by atoms with Gasteiger partial charge < -0.3 is 21.3 Å². The molecule has 2 unspecified atom stereocenters. The molecule has 14 heteroatoms. The van der Waals surface area contributed by atoms with Gasteiger partial charge in [0, 0.05) is 36.9 Å². The number of nitrogens with two attached hydrogens (primary N) is 2. The third-order valence-electron chi connectivity index (χ3n) is 9.82. The molecule has 2 aliphatic rings. The van der Waals surface area contributed by atoms with Crippen molar-refractivity contribution in [1.29, 1.82) is 0 Å². The highest BCUT2D eigenvalue weighted by Gasteiger charge is 2.38. The maximum atomic E-state index is 13.7. The van der Waals surface area contributed by atoms with Crippen LogP contribution in [-0.4, -0.2) is 44.1 Å². The molecule has 10 nitrogen and oxygen atoms in total. The van der Waals surface area contributed by atoms with Crippen molar-refractivity contribution in [3.05, 3.63) is 131 Å². The van der Waals surface area contributed by atoms with Crippen LogP contribution in [0, 0.1) is 5.82 Å². The molecule has 0 aliphatic carbocycles. The molecule has 2 fully saturated rings. The molecule has 8 rings (SSSR count). The zero-order chi connectivity index (χ0) is 36.6. The van der Waals surface area contributed by atoms with E-state index in [-0.39, 0.29) is 29.0 Å². The van der Waals surface area contributed by atoms with Gasteiger partial charge in [-0.15, -0.1) is 0 Å². The van der Waals surface area contributed by atoms with E-state index >= 15 is 0 Å². The smallest absolute Gasteiger partial charge is 0.365 e. The van der Waals surface area contributed by atoms with Gasteiger partial charge in [-0.25, -0.2) is 13.4 Å². The highest BCUT2D eigenvalue weighted by atomic mass is 19.4. The Kier molecular flexibility index (Phi) is 9.30. The van der Waals surface area contributed by atoms with E-state index in [9.17, 15) is 27.2 Å². The lowest BCUT2D eigenvalue weighted by Crippen LogP contribution is -2.33. The predicted octanol–water partition coefficient (Wildman–Crippen LogP) is 7.10. The standard InChI is InChI=1S/C19H17F3N4O.C19H19FN4O/c20-19(21,22)15-5-2-1-4-13(15)16-6-3-8-25(16)12-7-9-26-17(10-12)14(11-24-26)18(23)27;20-14-5-3-4-13(10-14)17-6-1-2-8-23(17)15-7-9-24-18(11-15)16(12-22-24)19(21)25/h1-2,4-5,7,9-11,16H,3,6,8H2,(H2,23,27);3-5,7,9-12,17H,1-2,6,8H2,(H2,21,25). The number of benzene rings is 2. The normalized spacial score (nSPS) is 17.7. The Balaban J connectivity index is 0.000000162. The monoisotopic (exact) mass is 712 g/mol. The molecule has 0 bridgehead atoms. The molecule has 0 radical (unpaired) electrons. The fourth-order valence-corrected chi connectivity index (χ4v) is 7.42. The van der Waals surface area contributed by atoms with Crippen LogP contribution < -0.4 is 21.3 Å². The average molecular weight is 713 g/mol. The van der Waals surface area contributed by atoms with Crippen molar-refractivity contribution < 1.29 is 27.2 Å². The minimum atomic E-state index is -4.40. The number of primary amides is 2. The molecule has 0 spiro atoms. The largest absolute Gasteiger partial charge is 0.416 e. The second-order valence-electron chi connectivity index (χ2n) is 13.0. The van der Waals surface area contributed by atoms with Gasteiger partial charge >= 0.3 is 6.18 Å². The van der Waals surface area contributed by atoms with E-state index in [4.69, 9.17) is 11.5 Å². The Morgan fingerprint density at radius 1 is 0.692 bits per heavy atom. The zero-order valence-corrected chi connectivity index (χ0v) is 28.0. The highest BCUT2D eigenvalue weighted by Crippen LogP contribution is 2.42. The number of alkyl halides is 3. The van der Waals surface area contributed by atoms with Gasteiger partial charge in [-0.05, 0) is 85.7 Å². The number of nitrogens with zero attached hydrogens (tertiary/aromatic N) is 6. The number of rotatable bonds is 6. The number of carbonyl (C=O) groups excluding carboxylic acids is 2. The molecule has 4 N–H and O–H groups in total. The molecular weight excluding hydrogens is 676 g/mol. The van der Waals surface area contributed by atoms with Crippen LogP contribution in [0.2, 0.25) is 0 Å². The van der Waals surface area contributed by atoms with Crippen LogP contribution in [0.25, 0.3) is 11.0 Å². The van der Waals surface area contributed by atoms with Crippen molar-refractivity contribution in [1.82, 2.24) is 19.2 Å². The summed E-state index contributed by atoms with van der Waals surface area (Å²) in [6.45, 7) is 1.52. The van der Waals surface area contributed by atoms with Gasteiger partial charge in [-0.3, -0.25) is 9.59 Å². The van der Waals surface area contributed by atoms with Gasteiger partial charge in [-0.1, -0.05) is 30.3 Å². The molecule has 6 heterocycles. The second-order valence-corrected chi connectivity index (χ2v) is 13.0. The quantitative estimate of drug-likeness (QED) is 0.178. The summed E-state index contributed by atoms with van der Waals surface area (Å²) in [5.74, 6) is -1.31. The van der Waals surface area contributed by atoms with Crippen molar-refractivity contribution in [3.63, 3.8) is 0 Å². The molecule has 6 aromatic rings. The van der Waals surface area contributed by atoms with E-state index in [0.717, 1.165) is 55.2 Å². The van der Waals surface area contributed by atoms with Crippen LogP contribution in [0.4, 0.5) is 28.9 Å². The minimum absolute atomic E-state index is 0.117. The summed E-state index contributed by atoms with van der Waals surface area (Å²) in [4.78, 5) is 27.4. The fourth-order valence-electron chi connectivity index (χ4n) is 7.42. The summed E-state index contributed by atoms with van der Waals surface area (Å²) in [6, 6.07) is 19.7. The van der Waals surface area contributed by atoms with Crippen molar-refractivity contribution in [2.24, 2.45) is 11.5 Å². The lowest BCUT2D eigenvalue weighted by molar-refractivity contribution is -0.138. The molecule has 268 valence electrons. The third-order valence-corrected chi connectivity index (χ3v) is 9.82. The van der Waals surface area contributed by atoms with Crippen LogP contribution in [-0.2, 0) is 6.18 Å². The van der Waals surface area contributed by atoms with Gasteiger partial charge in [0.25, 0.3) is 11.8 Å².